The molecular formula is C18H19ClN6O. The van der Waals surface area contributed by atoms with Crippen molar-refractivity contribution in [1.82, 2.24) is 10.3 Å². The maximum Gasteiger partial charge on any atom is 0.253 e. The van der Waals surface area contributed by atoms with Crippen molar-refractivity contribution in [3.05, 3.63) is 53.3 Å². The van der Waals surface area contributed by atoms with Crippen LogP contribution >= 0.6 is 11.6 Å². The number of nitrogens with zero attached hydrogens (tertiary/aromatic N) is 3. The van der Waals surface area contributed by atoms with E-state index >= 15 is 0 Å². The average molecular weight is 371 g/mol. The summed E-state index contributed by atoms with van der Waals surface area (Å²) in [4.78, 5) is 20.1. The summed E-state index contributed by atoms with van der Waals surface area (Å²) in [6.07, 6.45) is 6.83. The van der Waals surface area contributed by atoms with Crippen LogP contribution in [0.4, 0.5) is 11.4 Å². The highest BCUT2D eigenvalue weighted by Crippen LogP contribution is 2.21. The van der Waals surface area contributed by atoms with Crippen LogP contribution in [-0.4, -0.2) is 23.4 Å². The molecule has 0 aliphatic carbocycles. The van der Waals surface area contributed by atoms with Gasteiger partial charge in [0.1, 0.15) is 0 Å². The van der Waals surface area contributed by atoms with E-state index < -0.39 is 0 Å². The van der Waals surface area contributed by atoms with Gasteiger partial charge in [0.05, 0.1) is 23.1 Å². The second kappa shape index (κ2) is 10.0. The molecule has 0 atom stereocenters. The Morgan fingerprint density at radius 1 is 1.35 bits per heavy atom. The van der Waals surface area contributed by atoms with Gasteiger partial charge in [-0.25, -0.2) is 0 Å². The van der Waals surface area contributed by atoms with Crippen LogP contribution in [0.5, 0.6) is 0 Å². The molecule has 0 radical (unpaired) electrons. The summed E-state index contributed by atoms with van der Waals surface area (Å²) in [5, 5.41) is 18.1. The first-order valence-corrected chi connectivity index (χ1v) is 8.50. The van der Waals surface area contributed by atoms with Crippen LogP contribution in [0.25, 0.3) is 0 Å². The molecule has 2 rings (SSSR count). The lowest BCUT2D eigenvalue weighted by Gasteiger charge is -2.14. The summed E-state index contributed by atoms with van der Waals surface area (Å²) in [5.41, 5.74) is 1.49. The molecule has 1 aromatic carbocycles. The first kappa shape index (κ1) is 19.2. The molecule has 2 aromatic rings. The van der Waals surface area contributed by atoms with Gasteiger partial charge in [0, 0.05) is 17.8 Å². The molecular weight excluding hydrogens is 352 g/mol. The molecule has 8 heteroatoms. The van der Waals surface area contributed by atoms with Crippen molar-refractivity contribution in [2.75, 3.05) is 17.2 Å². The maximum atomic E-state index is 12.4. The quantitative estimate of drug-likeness (QED) is 0.312. The molecule has 134 valence electrons. The first-order valence-electron chi connectivity index (χ1n) is 8.12. The number of benzene rings is 1. The number of hydrogen-bond acceptors (Lipinski definition) is 4. The van der Waals surface area contributed by atoms with Gasteiger partial charge >= 0.3 is 0 Å². The standard InChI is InChI=1S/C18H19ClN6O/c1-2-3-9-22-17(26)15-7-6-13(19)10-16(15)25-18(23-12-20)24-14-5-4-8-21-11-14/h4-8,10-11H,2-3,9H2,1H3,(H,22,26)(H2,23,24,25). The molecule has 0 fully saturated rings. The molecule has 1 heterocycles. The normalized spacial score (nSPS) is 10.7. The Morgan fingerprint density at radius 2 is 2.19 bits per heavy atom. The Bertz CT molecular complexity index is 816. The number of nitriles is 1. The number of amides is 1. The van der Waals surface area contributed by atoms with E-state index in [-0.39, 0.29) is 11.9 Å². The van der Waals surface area contributed by atoms with E-state index in [1.165, 1.54) is 0 Å². The lowest BCUT2D eigenvalue weighted by Crippen LogP contribution is -2.27. The second-order valence-electron chi connectivity index (χ2n) is 5.35. The smallest absolute Gasteiger partial charge is 0.253 e. The molecule has 0 unspecified atom stereocenters. The first-order chi connectivity index (χ1) is 12.6. The Labute approximate surface area is 157 Å². The molecule has 0 bridgehead atoms. The van der Waals surface area contributed by atoms with Crippen LogP contribution in [-0.2, 0) is 0 Å². The molecule has 1 amide bonds. The lowest BCUT2D eigenvalue weighted by atomic mass is 10.1. The molecule has 7 nitrogen and oxygen atoms in total. The highest BCUT2D eigenvalue weighted by Gasteiger charge is 2.13. The predicted octanol–water partition coefficient (Wildman–Crippen LogP) is 3.63. The van der Waals surface area contributed by atoms with E-state index in [0.717, 1.165) is 12.8 Å². The number of carbonyl (C=O) groups excluding carboxylic acids is 1. The van der Waals surface area contributed by atoms with Gasteiger partial charge in [-0.2, -0.15) is 5.26 Å². The molecule has 3 N–H and O–H groups in total. The zero-order valence-electron chi connectivity index (χ0n) is 14.3. The van der Waals surface area contributed by atoms with Crippen molar-refractivity contribution in [3.8, 4) is 6.19 Å². The monoisotopic (exact) mass is 370 g/mol. The van der Waals surface area contributed by atoms with Crippen LogP contribution in [0.2, 0.25) is 5.02 Å². The number of rotatable bonds is 6. The Hall–Kier alpha value is -3.11. The third-order valence-corrected chi connectivity index (χ3v) is 3.62. The minimum absolute atomic E-state index is 0.158. The Balaban J connectivity index is 2.22. The van der Waals surface area contributed by atoms with Crippen LogP contribution < -0.4 is 16.0 Å². The van der Waals surface area contributed by atoms with Gasteiger partial charge in [0.2, 0.25) is 12.2 Å². The van der Waals surface area contributed by atoms with Gasteiger partial charge in [-0.05, 0) is 36.8 Å². The Kier molecular flexibility index (Phi) is 7.40. The maximum absolute atomic E-state index is 12.4. The second-order valence-corrected chi connectivity index (χ2v) is 5.79. The molecule has 1 aromatic heterocycles. The summed E-state index contributed by atoms with van der Waals surface area (Å²) in [5.74, 6) is -0.0688. The van der Waals surface area contributed by atoms with Gasteiger partial charge < -0.3 is 16.0 Å². The number of hydrogen-bond donors (Lipinski definition) is 3. The third kappa shape index (κ3) is 5.76. The number of aromatic nitrogens is 1. The zero-order chi connectivity index (χ0) is 18.8. The van der Waals surface area contributed by atoms with Gasteiger partial charge in [0.15, 0.2) is 0 Å². The third-order valence-electron chi connectivity index (χ3n) is 3.38. The predicted molar refractivity (Wildman–Crippen MR) is 103 cm³/mol. The number of carbonyl (C=O) groups is 1. The number of aliphatic imine (C=N–C) groups is 1. The summed E-state index contributed by atoms with van der Waals surface area (Å²) in [7, 11) is 0. The molecule has 0 aliphatic rings. The SMILES string of the molecule is CCCCNC(=O)c1ccc(Cl)cc1NC(=NC#N)Nc1cccnc1. The van der Waals surface area contributed by atoms with Crippen molar-refractivity contribution in [1.29, 1.82) is 5.26 Å². The van der Waals surface area contributed by atoms with Crippen molar-refractivity contribution >= 4 is 34.8 Å². The van der Waals surface area contributed by atoms with E-state index in [1.807, 2.05) is 0 Å². The fourth-order valence-electron chi connectivity index (χ4n) is 2.13. The lowest BCUT2D eigenvalue weighted by molar-refractivity contribution is 0.0954. The van der Waals surface area contributed by atoms with E-state index in [2.05, 4.69) is 32.9 Å². The minimum atomic E-state index is -0.227. The van der Waals surface area contributed by atoms with Crippen molar-refractivity contribution < 1.29 is 4.79 Å². The number of anilines is 2. The summed E-state index contributed by atoms with van der Waals surface area (Å²) < 4.78 is 0. The summed E-state index contributed by atoms with van der Waals surface area (Å²) in [6.45, 7) is 2.64. The van der Waals surface area contributed by atoms with Gasteiger partial charge in [-0.1, -0.05) is 24.9 Å². The minimum Gasteiger partial charge on any atom is -0.352 e. The molecule has 0 aliphatic heterocycles. The zero-order valence-corrected chi connectivity index (χ0v) is 15.0. The molecule has 26 heavy (non-hydrogen) atoms. The fourth-order valence-corrected chi connectivity index (χ4v) is 2.30. The van der Waals surface area contributed by atoms with Crippen LogP contribution in [0.3, 0.4) is 0 Å². The number of pyridine rings is 1. The molecule has 0 spiro atoms. The van der Waals surface area contributed by atoms with Crippen LogP contribution in [0.15, 0.2) is 47.7 Å². The van der Waals surface area contributed by atoms with E-state index in [0.29, 0.717) is 28.5 Å². The number of nitrogens with one attached hydrogen (secondary N) is 3. The summed E-state index contributed by atoms with van der Waals surface area (Å²) in [6, 6.07) is 8.39. The van der Waals surface area contributed by atoms with E-state index in [4.69, 9.17) is 16.9 Å². The average Bonchev–Trinajstić information content (AvgIpc) is 2.63. The fraction of sp³-hybridized carbons (Fsp3) is 0.222. The number of guanidine groups is 1. The summed E-state index contributed by atoms with van der Waals surface area (Å²) >= 11 is 6.06. The van der Waals surface area contributed by atoms with Crippen LogP contribution in [0.1, 0.15) is 30.1 Å². The highest BCUT2D eigenvalue weighted by atomic mass is 35.5. The van der Waals surface area contributed by atoms with Crippen molar-refractivity contribution in [2.24, 2.45) is 4.99 Å². The highest BCUT2D eigenvalue weighted by molar-refractivity contribution is 6.31. The van der Waals surface area contributed by atoms with Gasteiger partial charge in [0.25, 0.3) is 5.91 Å². The van der Waals surface area contributed by atoms with Crippen LogP contribution in [0, 0.1) is 11.5 Å². The topological polar surface area (TPSA) is 102 Å². The number of unbranched alkanes of at least 4 members (excludes halogenated alkanes) is 1. The molecule has 0 saturated heterocycles. The van der Waals surface area contributed by atoms with Gasteiger partial charge in [-0.15, -0.1) is 4.99 Å². The Morgan fingerprint density at radius 3 is 2.88 bits per heavy atom. The van der Waals surface area contributed by atoms with Crippen molar-refractivity contribution in [3.63, 3.8) is 0 Å². The van der Waals surface area contributed by atoms with E-state index in [1.54, 1.807) is 48.9 Å². The largest absolute Gasteiger partial charge is 0.352 e. The number of halogens is 1. The molecule has 0 saturated carbocycles. The van der Waals surface area contributed by atoms with Crippen molar-refractivity contribution in [2.45, 2.75) is 19.8 Å². The van der Waals surface area contributed by atoms with E-state index in [9.17, 15) is 4.79 Å². The van der Waals surface area contributed by atoms with Gasteiger partial charge in [-0.3, -0.25) is 9.78 Å².